The van der Waals surface area contributed by atoms with Crippen LogP contribution in [0.1, 0.15) is 0 Å². The van der Waals surface area contributed by atoms with Gasteiger partial charge in [-0.05, 0) is 107 Å². The lowest BCUT2D eigenvalue weighted by atomic mass is 9.99. The zero-order valence-corrected chi connectivity index (χ0v) is 25.9. The number of nitrogens with zero attached hydrogens (tertiary/aromatic N) is 8. The minimum atomic E-state index is -2.14. The number of fused-ring (bicyclic) bond motifs is 3. The van der Waals surface area contributed by atoms with Gasteiger partial charge in [-0.3, -0.25) is 28.0 Å². The molecule has 0 aliphatic rings. The molecule has 0 radical (unpaired) electrons. The minimum Gasteiger partial charge on any atom is -0.252 e. The van der Waals surface area contributed by atoms with Crippen LogP contribution in [0.15, 0.2) is 58.0 Å². The van der Waals surface area contributed by atoms with Crippen molar-refractivity contribution >= 4 is 47.9 Å². The van der Waals surface area contributed by atoms with E-state index in [2.05, 4.69) is 161 Å². The lowest BCUT2D eigenvalue weighted by Crippen LogP contribution is -2.30. The van der Waals surface area contributed by atoms with Crippen LogP contribution in [0.2, 0.25) is 0 Å². The van der Waals surface area contributed by atoms with Crippen molar-refractivity contribution in [1.82, 2.24) is 28.0 Å². The van der Waals surface area contributed by atoms with Crippen LogP contribution in [-0.4, -0.2) is 113 Å². The maximum atomic E-state index is 5.53. The summed E-state index contributed by atoms with van der Waals surface area (Å²) in [6.07, 6.45) is 0. The van der Waals surface area contributed by atoms with Gasteiger partial charge in [0.15, 0.2) is 15.0 Å². The molecular formula is C26H44N8P2. The molecule has 36 heavy (non-hydrogen) atoms. The van der Waals surface area contributed by atoms with Gasteiger partial charge in [-0.25, -0.2) is 9.49 Å². The summed E-state index contributed by atoms with van der Waals surface area (Å²) in [5.41, 5.74) is 1.99. The predicted molar refractivity (Wildman–Crippen MR) is 162 cm³/mol. The molecule has 0 fully saturated rings. The maximum absolute atomic E-state index is 5.53. The van der Waals surface area contributed by atoms with E-state index in [1.165, 1.54) is 10.8 Å². The van der Waals surface area contributed by atoms with Crippen molar-refractivity contribution in [3.8, 4) is 0 Å². The molecule has 0 bridgehead atoms. The third-order valence-electron chi connectivity index (χ3n) is 6.55. The largest absolute Gasteiger partial charge is 0.252 e. The lowest BCUT2D eigenvalue weighted by molar-refractivity contribution is 0.474. The van der Waals surface area contributed by atoms with Gasteiger partial charge in [0, 0.05) is 10.8 Å². The van der Waals surface area contributed by atoms with Gasteiger partial charge in [0.25, 0.3) is 0 Å². The number of rotatable bonds is 8. The van der Waals surface area contributed by atoms with E-state index in [1.807, 2.05) is 0 Å². The monoisotopic (exact) mass is 530 g/mol. The lowest BCUT2D eigenvalue weighted by Gasteiger charge is -2.41. The van der Waals surface area contributed by atoms with Crippen LogP contribution < -0.4 is 0 Å². The Bertz CT molecular complexity index is 1180. The first-order valence-corrected chi connectivity index (χ1v) is 15.3. The first-order valence-electron chi connectivity index (χ1n) is 12.1. The highest BCUT2D eigenvalue weighted by Crippen LogP contribution is 2.60. The topological polar surface area (TPSA) is 44.2 Å². The van der Waals surface area contributed by atoms with E-state index >= 15 is 0 Å². The van der Waals surface area contributed by atoms with E-state index in [9.17, 15) is 0 Å². The molecule has 0 atom stereocenters. The van der Waals surface area contributed by atoms with E-state index in [0.29, 0.717) is 0 Å². The van der Waals surface area contributed by atoms with Crippen molar-refractivity contribution < 1.29 is 0 Å². The molecule has 0 aliphatic heterocycles. The fourth-order valence-electron chi connectivity index (χ4n) is 5.26. The van der Waals surface area contributed by atoms with Gasteiger partial charge >= 0.3 is 0 Å². The molecule has 0 spiro atoms. The van der Waals surface area contributed by atoms with Crippen molar-refractivity contribution in [3.05, 3.63) is 48.5 Å². The Labute approximate surface area is 218 Å². The molecule has 8 nitrogen and oxygen atoms in total. The van der Waals surface area contributed by atoms with E-state index in [0.717, 1.165) is 22.1 Å². The summed E-state index contributed by atoms with van der Waals surface area (Å²) < 4.78 is 24.6. The second-order valence-electron chi connectivity index (χ2n) is 10.2. The van der Waals surface area contributed by atoms with Gasteiger partial charge in [-0.2, -0.15) is 0 Å². The molecule has 10 heteroatoms. The minimum absolute atomic E-state index is 0.994. The average Bonchev–Trinajstić information content (AvgIpc) is 2.79. The molecule has 0 amide bonds. The Morgan fingerprint density at radius 3 is 0.944 bits per heavy atom. The Kier molecular flexibility index (Phi) is 8.87. The molecule has 0 saturated heterocycles. The molecule has 3 aromatic carbocycles. The van der Waals surface area contributed by atoms with Crippen LogP contribution in [0.25, 0.3) is 21.5 Å². The third kappa shape index (κ3) is 4.82. The normalized spacial score (nSPS) is 13.4. The highest BCUT2D eigenvalue weighted by molar-refractivity contribution is 7.59. The van der Waals surface area contributed by atoms with E-state index in [-0.39, 0.29) is 0 Å². The van der Waals surface area contributed by atoms with Gasteiger partial charge in [0.1, 0.15) is 0 Å². The smallest absolute Gasteiger partial charge is 0.171 e. The molecule has 0 heterocycles. The summed E-state index contributed by atoms with van der Waals surface area (Å²) in [7, 11) is 21.1. The Morgan fingerprint density at radius 1 is 0.417 bits per heavy atom. The molecule has 3 aromatic rings. The average molecular weight is 531 g/mol. The first kappa shape index (κ1) is 29.0. The molecule has 198 valence electrons. The van der Waals surface area contributed by atoms with Crippen molar-refractivity contribution in [2.45, 2.75) is 0 Å². The summed E-state index contributed by atoms with van der Waals surface area (Å²) in [6.45, 7) is 0. The standard InChI is InChI=1S/C26H44N8P2/c1-29(2)35(30(3)4,31(5)6)27-23-17-13-15-21-19-20-22-16-14-18-24(26(22)25(21)23)28-36(32(7)8,33(9)10)34(11)12/h13-20H,1-12H3. The Hall–Kier alpha value is -1.60. The molecule has 0 saturated carbocycles. The van der Waals surface area contributed by atoms with Crippen molar-refractivity contribution in [3.63, 3.8) is 0 Å². The molecule has 0 aromatic heterocycles. The third-order valence-corrected chi connectivity index (χ3v) is 14.0. The second-order valence-corrected chi connectivity index (χ2v) is 17.5. The zero-order chi connectivity index (χ0) is 27.0. The Morgan fingerprint density at radius 2 is 0.694 bits per heavy atom. The van der Waals surface area contributed by atoms with Crippen molar-refractivity contribution in [1.29, 1.82) is 0 Å². The van der Waals surface area contributed by atoms with E-state index < -0.39 is 15.0 Å². The SMILES string of the molecule is CN(C)P(=Nc1cccc2ccc3cccc(N=P(N(C)C)(N(C)C)N(C)C)c3c12)(N(C)C)N(C)C. The number of hydrogen-bond donors (Lipinski definition) is 0. The van der Waals surface area contributed by atoms with Gasteiger partial charge in [0.05, 0.1) is 11.4 Å². The summed E-state index contributed by atoms with van der Waals surface area (Å²) in [5.74, 6) is 0. The predicted octanol–water partition coefficient (Wildman–Crippen LogP) is 6.52. The zero-order valence-electron chi connectivity index (χ0n) is 24.1. The molecule has 3 rings (SSSR count). The number of hydrogen-bond acceptors (Lipinski definition) is 2. The van der Waals surface area contributed by atoms with Crippen LogP contribution in [0.4, 0.5) is 11.4 Å². The van der Waals surface area contributed by atoms with E-state index in [1.54, 1.807) is 0 Å². The van der Waals surface area contributed by atoms with Crippen LogP contribution >= 0.6 is 15.0 Å². The molecule has 0 N–H and O–H groups in total. The molecular weight excluding hydrogens is 486 g/mol. The Balaban J connectivity index is 2.59. The molecule has 0 unspecified atom stereocenters. The first-order chi connectivity index (χ1) is 16.8. The quantitative estimate of drug-likeness (QED) is 0.244. The van der Waals surface area contributed by atoms with Gasteiger partial charge in [-0.1, -0.05) is 36.4 Å². The summed E-state index contributed by atoms with van der Waals surface area (Å²) in [6, 6.07) is 17.3. The highest BCUT2D eigenvalue weighted by atomic mass is 31.2. The maximum Gasteiger partial charge on any atom is 0.171 e. The van der Waals surface area contributed by atoms with Gasteiger partial charge in [-0.15, -0.1) is 0 Å². The van der Waals surface area contributed by atoms with Crippen LogP contribution in [-0.2, 0) is 0 Å². The van der Waals surface area contributed by atoms with Crippen LogP contribution in [0.5, 0.6) is 0 Å². The van der Waals surface area contributed by atoms with E-state index in [4.69, 9.17) is 9.49 Å². The van der Waals surface area contributed by atoms with Crippen molar-refractivity contribution in [2.75, 3.05) is 84.6 Å². The second kappa shape index (κ2) is 11.0. The van der Waals surface area contributed by atoms with Gasteiger partial charge < -0.3 is 0 Å². The van der Waals surface area contributed by atoms with Crippen LogP contribution in [0, 0.1) is 0 Å². The fourth-order valence-corrected chi connectivity index (χ4v) is 11.5. The number of benzene rings is 3. The van der Waals surface area contributed by atoms with Crippen molar-refractivity contribution in [2.24, 2.45) is 9.49 Å². The summed E-state index contributed by atoms with van der Waals surface area (Å²) in [5, 5.41) is 4.64. The van der Waals surface area contributed by atoms with Gasteiger partial charge in [0.2, 0.25) is 0 Å². The summed E-state index contributed by atoms with van der Waals surface area (Å²) in [4.78, 5) is 0. The fraction of sp³-hybridized carbons (Fsp3) is 0.462. The molecule has 0 aliphatic carbocycles. The highest BCUT2D eigenvalue weighted by Gasteiger charge is 2.30. The van der Waals surface area contributed by atoms with Crippen LogP contribution in [0.3, 0.4) is 0 Å². The summed E-state index contributed by atoms with van der Waals surface area (Å²) >= 11 is 0.